The van der Waals surface area contributed by atoms with Gasteiger partial charge in [-0.3, -0.25) is 4.79 Å². The second kappa shape index (κ2) is 6.08. The molecule has 2 atom stereocenters. The number of ether oxygens (including phenoxy) is 1. The number of carbonyl (C=O) groups is 1. The van der Waals surface area contributed by atoms with Gasteiger partial charge in [0.15, 0.2) is 6.10 Å². The Hall–Kier alpha value is -2.17. The minimum Gasteiger partial charge on any atom is -0.385 e. The molecule has 1 heterocycles. The number of rotatable bonds is 3. The van der Waals surface area contributed by atoms with Crippen molar-refractivity contribution in [3.8, 4) is 0 Å². The fraction of sp³-hybridized carbons (Fsp3) is 0.235. The summed E-state index contributed by atoms with van der Waals surface area (Å²) in [5, 5.41) is 10.4. The maximum atomic E-state index is 12.6. The molecule has 2 aromatic rings. The second-order valence-electron chi connectivity index (χ2n) is 4.97. The van der Waals surface area contributed by atoms with Gasteiger partial charge in [-0.25, -0.2) is 0 Å². The average molecular weight is 283 g/mol. The van der Waals surface area contributed by atoms with Crippen molar-refractivity contribution in [2.24, 2.45) is 0 Å². The van der Waals surface area contributed by atoms with Crippen LogP contribution in [0, 0.1) is 0 Å². The summed E-state index contributed by atoms with van der Waals surface area (Å²) < 4.78 is 5.52. The summed E-state index contributed by atoms with van der Waals surface area (Å²) >= 11 is 0. The Morgan fingerprint density at radius 1 is 1.05 bits per heavy atom. The predicted molar refractivity (Wildman–Crippen MR) is 79.9 cm³/mol. The molecule has 0 radical (unpaired) electrons. The molecule has 4 nitrogen and oxygen atoms in total. The number of hydrogen-bond donors (Lipinski definition) is 1. The minimum atomic E-state index is -0.954. The van der Waals surface area contributed by atoms with Gasteiger partial charge in [0.25, 0.3) is 5.91 Å². The lowest BCUT2D eigenvalue weighted by molar-refractivity contribution is -0.143. The highest BCUT2D eigenvalue weighted by Gasteiger charge is 2.36. The van der Waals surface area contributed by atoms with Crippen molar-refractivity contribution in [2.45, 2.75) is 12.2 Å². The van der Waals surface area contributed by atoms with E-state index in [2.05, 4.69) is 0 Å². The Kier molecular flexibility index (Phi) is 3.99. The van der Waals surface area contributed by atoms with Crippen LogP contribution < -0.4 is 4.90 Å². The van der Waals surface area contributed by atoms with E-state index < -0.39 is 12.2 Å². The highest BCUT2D eigenvalue weighted by Crippen LogP contribution is 2.26. The number of hydrogen-bond acceptors (Lipinski definition) is 3. The zero-order valence-corrected chi connectivity index (χ0v) is 11.6. The first-order chi connectivity index (χ1) is 10.3. The largest absolute Gasteiger partial charge is 0.385 e. The molecule has 1 aliphatic rings. The molecule has 1 amide bonds. The number of morpholine rings is 1. The molecule has 1 saturated heterocycles. The Morgan fingerprint density at radius 2 is 1.67 bits per heavy atom. The van der Waals surface area contributed by atoms with Gasteiger partial charge in [0.1, 0.15) is 6.10 Å². The molecular formula is C17H17NO3. The summed E-state index contributed by atoms with van der Waals surface area (Å²) in [4.78, 5) is 14.2. The van der Waals surface area contributed by atoms with Crippen LogP contribution >= 0.6 is 0 Å². The van der Waals surface area contributed by atoms with Crippen LogP contribution in [0.25, 0.3) is 0 Å². The summed E-state index contributed by atoms with van der Waals surface area (Å²) in [5.74, 6) is -0.205. The van der Waals surface area contributed by atoms with Gasteiger partial charge in [-0.2, -0.15) is 0 Å². The van der Waals surface area contributed by atoms with Gasteiger partial charge < -0.3 is 14.7 Å². The molecule has 3 rings (SSSR count). The third kappa shape index (κ3) is 2.82. The molecule has 1 aliphatic heterocycles. The average Bonchev–Trinajstić information content (AvgIpc) is 2.56. The third-order valence-corrected chi connectivity index (χ3v) is 3.62. The number of aliphatic hydroxyl groups excluding tert-OH is 1. The van der Waals surface area contributed by atoms with Gasteiger partial charge in [0.2, 0.25) is 0 Å². The van der Waals surface area contributed by atoms with Crippen LogP contribution in [0.1, 0.15) is 11.7 Å². The first-order valence-electron chi connectivity index (χ1n) is 6.98. The third-order valence-electron chi connectivity index (χ3n) is 3.62. The Morgan fingerprint density at radius 3 is 2.33 bits per heavy atom. The standard InChI is InChI=1S/C17H17NO3/c19-15(13-7-3-1-4-8-13)16-17(20)18(11-12-21-16)14-9-5-2-6-10-14/h1-10,15-16,19H,11-12H2/t15-,16+/m1/s1. The zero-order valence-electron chi connectivity index (χ0n) is 11.6. The van der Waals surface area contributed by atoms with Crippen molar-refractivity contribution >= 4 is 11.6 Å². The lowest BCUT2D eigenvalue weighted by atomic mass is 10.0. The molecule has 1 fully saturated rings. The Labute approximate surface area is 123 Å². The monoisotopic (exact) mass is 283 g/mol. The minimum absolute atomic E-state index is 0.205. The second-order valence-corrected chi connectivity index (χ2v) is 4.97. The normalized spacial score (nSPS) is 20.3. The van der Waals surface area contributed by atoms with Crippen LogP contribution in [-0.2, 0) is 9.53 Å². The molecular weight excluding hydrogens is 266 g/mol. The van der Waals surface area contributed by atoms with Gasteiger partial charge >= 0.3 is 0 Å². The van der Waals surface area contributed by atoms with Crippen molar-refractivity contribution in [3.05, 3.63) is 66.2 Å². The van der Waals surface area contributed by atoms with E-state index in [9.17, 15) is 9.90 Å². The van der Waals surface area contributed by atoms with E-state index >= 15 is 0 Å². The molecule has 21 heavy (non-hydrogen) atoms. The summed E-state index contributed by atoms with van der Waals surface area (Å²) in [5.41, 5.74) is 1.52. The van der Waals surface area contributed by atoms with Gasteiger partial charge in [0.05, 0.1) is 6.61 Å². The molecule has 1 N–H and O–H groups in total. The fourth-order valence-corrected chi connectivity index (χ4v) is 2.52. The van der Waals surface area contributed by atoms with E-state index in [1.54, 1.807) is 17.0 Å². The van der Waals surface area contributed by atoms with Gasteiger partial charge in [-0.15, -0.1) is 0 Å². The Balaban J connectivity index is 1.82. The molecule has 0 spiro atoms. The van der Waals surface area contributed by atoms with E-state index in [1.807, 2.05) is 48.5 Å². The fourth-order valence-electron chi connectivity index (χ4n) is 2.52. The van der Waals surface area contributed by atoms with Gasteiger partial charge in [-0.05, 0) is 17.7 Å². The summed E-state index contributed by atoms with van der Waals surface area (Å²) in [6.07, 6.45) is -1.81. The van der Waals surface area contributed by atoms with E-state index in [4.69, 9.17) is 4.74 Å². The molecule has 4 heteroatoms. The summed E-state index contributed by atoms with van der Waals surface area (Å²) in [6, 6.07) is 18.6. The summed E-state index contributed by atoms with van der Waals surface area (Å²) in [6.45, 7) is 0.913. The maximum Gasteiger partial charge on any atom is 0.259 e. The Bertz CT molecular complexity index is 600. The highest BCUT2D eigenvalue weighted by molar-refractivity contribution is 5.97. The van der Waals surface area contributed by atoms with Crippen LogP contribution in [0.2, 0.25) is 0 Å². The lowest BCUT2D eigenvalue weighted by Crippen LogP contribution is -2.50. The number of carbonyl (C=O) groups excluding carboxylic acids is 1. The number of benzene rings is 2. The van der Waals surface area contributed by atoms with Crippen LogP contribution in [0.4, 0.5) is 5.69 Å². The molecule has 0 aromatic heterocycles. The molecule has 0 aliphatic carbocycles. The molecule has 0 bridgehead atoms. The number of anilines is 1. The van der Waals surface area contributed by atoms with Gasteiger partial charge in [0, 0.05) is 12.2 Å². The van der Waals surface area contributed by atoms with Crippen LogP contribution in [-0.4, -0.2) is 30.3 Å². The van der Waals surface area contributed by atoms with Gasteiger partial charge in [-0.1, -0.05) is 48.5 Å². The van der Waals surface area contributed by atoms with Crippen molar-refractivity contribution in [1.29, 1.82) is 0 Å². The van der Waals surface area contributed by atoms with Crippen molar-refractivity contribution in [1.82, 2.24) is 0 Å². The summed E-state index contributed by atoms with van der Waals surface area (Å²) in [7, 11) is 0. The molecule has 0 saturated carbocycles. The van der Waals surface area contributed by atoms with E-state index in [0.29, 0.717) is 18.7 Å². The van der Waals surface area contributed by atoms with Crippen molar-refractivity contribution in [3.63, 3.8) is 0 Å². The van der Waals surface area contributed by atoms with Crippen LogP contribution in [0.5, 0.6) is 0 Å². The number of aliphatic hydroxyl groups is 1. The first-order valence-corrected chi connectivity index (χ1v) is 6.98. The number of para-hydroxylation sites is 1. The van der Waals surface area contributed by atoms with Crippen molar-refractivity contribution in [2.75, 3.05) is 18.1 Å². The first kappa shape index (κ1) is 13.8. The zero-order chi connectivity index (χ0) is 14.7. The smallest absolute Gasteiger partial charge is 0.259 e. The highest BCUT2D eigenvalue weighted by atomic mass is 16.5. The number of amides is 1. The van der Waals surface area contributed by atoms with Crippen LogP contribution in [0.3, 0.4) is 0 Å². The topological polar surface area (TPSA) is 49.8 Å². The predicted octanol–water partition coefficient (Wildman–Crippen LogP) is 2.15. The van der Waals surface area contributed by atoms with Crippen molar-refractivity contribution < 1.29 is 14.6 Å². The molecule has 2 aromatic carbocycles. The van der Waals surface area contributed by atoms with E-state index in [-0.39, 0.29) is 5.91 Å². The SMILES string of the molecule is O=C1[C@H]([C@H](O)c2ccccc2)OCCN1c1ccccc1. The van der Waals surface area contributed by atoms with Crippen LogP contribution in [0.15, 0.2) is 60.7 Å². The quantitative estimate of drug-likeness (QED) is 0.939. The molecule has 108 valence electrons. The maximum absolute atomic E-state index is 12.6. The number of nitrogens with zero attached hydrogens (tertiary/aromatic N) is 1. The van der Waals surface area contributed by atoms with E-state index in [1.165, 1.54) is 0 Å². The lowest BCUT2D eigenvalue weighted by Gasteiger charge is -2.34. The molecule has 0 unspecified atom stereocenters. The van der Waals surface area contributed by atoms with E-state index in [0.717, 1.165) is 5.69 Å².